The van der Waals surface area contributed by atoms with Gasteiger partial charge < -0.3 is 5.11 Å². The van der Waals surface area contributed by atoms with Crippen LogP contribution >= 0.6 is 0 Å². The summed E-state index contributed by atoms with van der Waals surface area (Å²) < 4.78 is 15.2. The van der Waals surface area contributed by atoms with Gasteiger partial charge in [-0.15, -0.1) is 0 Å². The molecule has 0 radical (unpaired) electrons. The molecule has 0 amide bonds. The maximum Gasteiger partial charge on any atom is 0.190 e. The van der Waals surface area contributed by atoms with E-state index >= 15 is 4.39 Å². The van der Waals surface area contributed by atoms with Crippen LogP contribution in [0.1, 0.15) is 25.3 Å². The Morgan fingerprint density at radius 2 is 2.12 bits per heavy atom. The molecule has 1 heterocycles. The smallest absolute Gasteiger partial charge is 0.190 e. The van der Waals surface area contributed by atoms with Crippen LogP contribution in [-0.2, 0) is 5.79 Å². The summed E-state index contributed by atoms with van der Waals surface area (Å²) in [5, 5.41) is 9.24. The molecule has 1 aromatic carbocycles. The molecule has 2 atom stereocenters. The lowest BCUT2D eigenvalue weighted by Gasteiger charge is -2.43. The Kier molecular flexibility index (Phi) is 3.79. The van der Waals surface area contributed by atoms with E-state index in [9.17, 15) is 5.11 Å². The van der Waals surface area contributed by atoms with Crippen LogP contribution in [0.3, 0.4) is 0 Å². The quantitative estimate of drug-likeness (QED) is 0.817. The van der Waals surface area contributed by atoms with Crippen molar-refractivity contribution in [1.29, 1.82) is 0 Å². The third-order valence-corrected chi connectivity index (χ3v) is 3.72. The Hall–Kier alpha value is -0.930. The molecule has 0 spiro atoms. The Morgan fingerprint density at radius 1 is 1.41 bits per heavy atom. The van der Waals surface area contributed by atoms with Crippen LogP contribution in [0.5, 0.6) is 0 Å². The number of likely N-dealkylation sites (tertiary alicyclic amines) is 1. The van der Waals surface area contributed by atoms with Crippen molar-refractivity contribution >= 4 is 0 Å². The number of benzene rings is 1. The minimum atomic E-state index is -1.42. The van der Waals surface area contributed by atoms with Gasteiger partial charge in [-0.2, -0.15) is 0 Å². The lowest BCUT2D eigenvalue weighted by atomic mass is 9.85. The highest BCUT2D eigenvalue weighted by molar-refractivity contribution is 5.22. The van der Waals surface area contributed by atoms with Gasteiger partial charge in [-0.25, -0.2) is 4.39 Å². The number of aliphatic hydroxyl groups excluding tert-OH is 1. The summed E-state index contributed by atoms with van der Waals surface area (Å²) in [4.78, 5) is 1.87. The van der Waals surface area contributed by atoms with E-state index < -0.39 is 5.79 Å². The molecular weight excluding hydrogens is 217 g/mol. The van der Waals surface area contributed by atoms with Gasteiger partial charge in [0.15, 0.2) is 5.79 Å². The molecule has 94 valence electrons. The number of nitrogens with zero attached hydrogens (tertiary/aromatic N) is 1. The molecule has 2 rings (SSSR count). The zero-order valence-electron chi connectivity index (χ0n) is 10.3. The van der Waals surface area contributed by atoms with Crippen molar-refractivity contribution in [1.82, 2.24) is 4.90 Å². The highest BCUT2D eigenvalue weighted by Crippen LogP contribution is 2.41. The summed E-state index contributed by atoms with van der Waals surface area (Å²) in [6.07, 6.45) is 1.27. The minimum Gasteiger partial charge on any atom is -0.396 e. The Bertz CT molecular complexity index is 356. The van der Waals surface area contributed by atoms with Crippen molar-refractivity contribution in [2.24, 2.45) is 5.92 Å². The number of rotatable bonds is 3. The summed E-state index contributed by atoms with van der Waals surface area (Å²) in [7, 11) is 0. The first-order valence-corrected chi connectivity index (χ1v) is 6.31. The van der Waals surface area contributed by atoms with E-state index in [1.165, 1.54) is 0 Å². The molecule has 1 aromatic rings. The van der Waals surface area contributed by atoms with Gasteiger partial charge in [-0.05, 0) is 18.9 Å². The third-order valence-electron chi connectivity index (χ3n) is 3.72. The van der Waals surface area contributed by atoms with E-state index in [-0.39, 0.29) is 12.5 Å². The number of alkyl halides is 1. The standard InChI is InChI=1S/C14H20FNO/c1-2-16-9-8-12(11-17)10-14(16,15)13-6-4-3-5-7-13/h3-7,12,17H,2,8-11H2,1H3. The number of hydrogen-bond donors (Lipinski definition) is 1. The minimum absolute atomic E-state index is 0.0722. The summed E-state index contributed by atoms with van der Waals surface area (Å²) in [6.45, 7) is 3.48. The van der Waals surface area contributed by atoms with Crippen molar-refractivity contribution in [3.05, 3.63) is 35.9 Å². The largest absolute Gasteiger partial charge is 0.396 e. The van der Waals surface area contributed by atoms with E-state index in [0.29, 0.717) is 25.1 Å². The fourth-order valence-electron chi connectivity index (χ4n) is 2.69. The lowest BCUT2D eigenvalue weighted by Crippen LogP contribution is -2.49. The molecule has 2 unspecified atom stereocenters. The molecule has 0 aromatic heterocycles. The molecular formula is C14H20FNO. The van der Waals surface area contributed by atoms with E-state index in [4.69, 9.17) is 0 Å². The third kappa shape index (κ3) is 2.35. The summed E-state index contributed by atoms with van der Waals surface area (Å²) in [5.74, 6) is -1.34. The summed E-state index contributed by atoms with van der Waals surface area (Å²) in [5.41, 5.74) is 0.708. The van der Waals surface area contributed by atoms with Crippen LogP contribution in [0.25, 0.3) is 0 Å². The predicted octanol–water partition coefficient (Wildman–Crippen LogP) is 2.53. The highest BCUT2D eigenvalue weighted by Gasteiger charge is 2.43. The highest BCUT2D eigenvalue weighted by atomic mass is 19.1. The Balaban J connectivity index is 2.29. The van der Waals surface area contributed by atoms with E-state index in [1.807, 2.05) is 42.2 Å². The molecule has 17 heavy (non-hydrogen) atoms. The Labute approximate surface area is 102 Å². The van der Waals surface area contributed by atoms with Crippen LogP contribution in [0.15, 0.2) is 30.3 Å². The first-order chi connectivity index (χ1) is 8.20. The molecule has 2 nitrogen and oxygen atoms in total. The van der Waals surface area contributed by atoms with Crippen LogP contribution < -0.4 is 0 Å². The lowest BCUT2D eigenvalue weighted by molar-refractivity contribution is -0.0931. The van der Waals surface area contributed by atoms with Gasteiger partial charge >= 0.3 is 0 Å². The Morgan fingerprint density at radius 3 is 2.71 bits per heavy atom. The van der Waals surface area contributed by atoms with Crippen molar-refractivity contribution in [3.8, 4) is 0 Å². The van der Waals surface area contributed by atoms with Crippen LogP contribution in [-0.4, -0.2) is 29.7 Å². The topological polar surface area (TPSA) is 23.5 Å². The molecule has 1 aliphatic heterocycles. The average Bonchev–Trinajstić information content (AvgIpc) is 2.39. The van der Waals surface area contributed by atoms with E-state index in [2.05, 4.69) is 0 Å². The van der Waals surface area contributed by atoms with Crippen molar-refractivity contribution < 1.29 is 9.50 Å². The maximum atomic E-state index is 15.2. The van der Waals surface area contributed by atoms with Gasteiger partial charge in [-0.3, -0.25) is 4.90 Å². The molecule has 1 aliphatic rings. The van der Waals surface area contributed by atoms with E-state index in [0.717, 1.165) is 6.42 Å². The van der Waals surface area contributed by atoms with Crippen molar-refractivity contribution in [2.75, 3.05) is 19.7 Å². The number of hydrogen-bond acceptors (Lipinski definition) is 2. The van der Waals surface area contributed by atoms with Gasteiger partial charge in [-0.1, -0.05) is 37.3 Å². The maximum absolute atomic E-state index is 15.2. The number of aliphatic hydroxyl groups is 1. The molecule has 0 saturated carbocycles. The van der Waals surface area contributed by atoms with Crippen LogP contribution in [0.2, 0.25) is 0 Å². The molecule has 1 saturated heterocycles. The fourth-order valence-corrected chi connectivity index (χ4v) is 2.69. The zero-order valence-corrected chi connectivity index (χ0v) is 10.3. The summed E-state index contributed by atoms with van der Waals surface area (Å²) >= 11 is 0. The molecule has 0 aliphatic carbocycles. The van der Waals surface area contributed by atoms with Crippen LogP contribution in [0, 0.1) is 5.92 Å². The second-order valence-corrected chi connectivity index (χ2v) is 4.75. The second kappa shape index (κ2) is 5.15. The van der Waals surface area contributed by atoms with Gasteiger partial charge in [0.2, 0.25) is 0 Å². The summed E-state index contributed by atoms with van der Waals surface area (Å²) in [6, 6.07) is 9.31. The zero-order chi connectivity index (χ0) is 12.3. The van der Waals surface area contributed by atoms with Gasteiger partial charge in [0.05, 0.1) is 0 Å². The van der Waals surface area contributed by atoms with Crippen molar-refractivity contribution in [2.45, 2.75) is 25.6 Å². The molecule has 0 bridgehead atoms. The molecule has 3 heteroatoms. The first kappa shape index (κ1) is 12.5. The van der Waals surface area contributed by atoms with E-state index in [1.54, 1.807) is 0 Å². The fraction of sp³-hybridized carbons (Fsp3) is 0.571. The number of halogens is 1. The predicted molar refractivity (Wildman–Crippen MR) is 66.3 cm³/mol. The van der Waals surface area contributed by atoms with Gasteiger partial charge in [0.1, 0.15) is 0 Å². The van der Waals surface area contributed by atoms with Crippen molar-refractivity contribution in [3.63, 3.8) is 0 Å². The second-order valence-electron chi connectivity index (χ2n) is 4.75. The van der Waals surface area contributed by atoms with Crippen LogP contribution in [0.4, 0.5) is 4.39 Å². The first-order valence-electron chi connectivity index (χ1n) is 6.31. The van der Waals surface area contributed by atoms with Gasteiger partial charge in [0.25, 0.3) is 0 Å². The SMILES string of the molecule is CCN1CCC(CO)CC1(F)c1ccccc1. The normalized spacial score (nSPS) is 30.4. The average molecular weight is 237 g/mol. The number of piperidine rings is 1. The van der Waals surface area contributed by atoms with Gasteiger partial charge in [0, 0.05) is 25.1 Å². The molecule has 1 fully saturated rings. The molecule has 1 N–H and O–H groups in total. The monoisotopic (exact) mass is 237 g/mol.